The van der Waals surface area contributed by atoms with Gasteiger partial charge < -0.3 is 10.1 Å². The predicted molar refractivity (Wildman–Crippen MR) is 79.5 cm³/mol. The highest BCUT2D eigenvalue weighted by Gasteiger charge is 2.05. The standard InChI is InChI=1S/C16H25NO2/c1-4-5-6-7-11-19-15(18)12-17-16-13(2)9-8-10-14(16)3/h8-10,17H,4-7,11-12H2,1-3H3. The lowest BCUT2D eigenvalue weighted by Crippen LogP contribution is -2.18. The van der Waals surface area contributed by atoms with Crippen LogP contribution in [0, 0.1) is 13.8 Å². The number of hydrogen-bond donors (Lipinski definition) is 1. The number of nitrogens with one attached hydrogen (secondary N) is 1. The molecular weight excluding hydrogens is 238 g/mol. The van der Waals surface area contributed by atoms with Gasteiger partial charge in [0.15, 0.2) is 0 Å². The van der Waals surface area contributed by atoms with Gasteiger partial charge in [-0.1, -0.05) is 44.4 Å². The fraction of sp³-hybridized carbons (Fsp3) is 0.562. The number of para-hydroxylation sites is 1. The summed E-state index contributed by atoms with van der Waals surface area (Å²) in [6.07, 6.45) is 4.50. The van der Waals surface area contributed by atoms with E-state index in [4.69, 9.17) is 4.74 Å². The number of benzene rings is 1. The van der Waals surface area contributed by atoms with Gasteiger partial charge in [-0.25, -0.2) is 0 Å². The van der Waals surface area contributed by atoms with E-state index in [0.717, 1.165) is 29.7 Å². The van der Waals surface area contributed by atoms with Crippen LogP contribution in [-0.4, -0.2) is 19.1 Å². The monoisotopic (exact) mass is 263 g/mol. The molecule has 1 rings (SSSR count). The van der Waals surface area contributed by atoms with Crippen LogP contribution in [0.1, 0.15) is 43.7 Å². The number of unbranched alkanes of at least 4 members (excludes halogenated alkanes) is 3. The molecular formula is C16H25NO2. The molecule has 3 heteroatoms. The lowest BCUT2D eigenvalue weighted by molar-refractivity contribution is -0.141. The SMILES string of the molecule is CCCCCCOC(=O)CNc1c(C)cccc1C. The zero-order chi connectivity index (χ0) is 14.1. The van der Waals surface area contributed by atoms with Gasteiger partial charge in [-0.3, -0.25) is 4.79 Å². The predicted octanol–water partition coefficient (Wildman–Crippen LogP) is 3.84. The lowest BCUT2D eigenvalue weighted by atomic mass is 10.1. The van der Waals surface area contributed by atoms with Crippen LogP contribution in [-0.2, 0) is 9.53 Å². The molecule has 106 valence electrons. The van der Waals surface area contributed by atoms with E-state index in [1.165, 1.54) is 12.8 Å². The van der Waals surface area contributed by atoms with E-state index in [-0.39, 0.29) is 12.5 Å². The summed E-state index contributed by atoms with van der Waals surface area (Å²) in [5, 5.41) is 3.16. The third kappa shape index (κ3) is 5.77. The van der Waals surface area contributed by atoms with Crippen LogP contribution in [0.25, 0.3) is 0 Å². The van der Waals surface area contributed by atoms with Crippen molar-refractivity contribution in [2.75, 3.05) is 18.5 Å². The van der Waals surface area contributed by atoms with Crippen LogP contribution in [0.15, 0.2) is 18.2 Å². The smallest absolute Gasteiger partial charge is 0.325 e. The maximum absolute atomic E-state index is 11.6. The second-order valence-electron chi connectivity index (χ2n) is 4.90. The van der Waals surface area contributed by atoms with Crippen molar-refractivity contribution in [2.45, 2.75) is 46.5 Å². The van der Waals surface area contributed by atoms with Gasteiger partial charge in [-0.15, -0.1) is 0 Å². The molecule has 1 N–H and O–H groups in total. The van der Waals surface area contributed by atoms with Crippen molar-refractivity contribution in [1.82, 2.24) is 0 Å². The summed E-state index contributed by atoms with van der Waals surface area (Å²) in [7, 11) is 0. The van der Waals surface area contributed by atoms with Crippen molar-refractivity contribution in [1.29, 1.82) is 0 Å². The molecule has 0 heterocycles. The minimum Gasteiger partial charge on any atom is -0.464 e. The summed E-state index contributed by atoms with van der Waals surface area (Å²) in [5.74, 6) is -0.181. The normalized spacial score (nSPS) is 10.3. The number of aryl methyl sites for hydroxylation is 2. The average molecular weight is 263 g/mol. The highest BCUT2D eigenvalue weighted by molar-refractivity contribution is 5.76. The quantitative estimate of drug-likeness (QED) is 0.572. The Morgan fingerprint density at radius 1 is 1.16 bits per heavy atom. The van der Waals surface area contributed by atoms with Gasteiger partial charge in [0.2, 0.25) is 0 Å². The van der Waals surface area contributed by atoms with Gasteiger partial charge in [0.1, 0.15) is 6.54 Å². The molecule has 3 nitrogen and oxygen atoms in total. The number of anilines is 1. The van der Waals surface area contributed by atoms with E-state index in [2.05, 4.69) is 12.2 Å². The van der Waals surface area contributed by atoms with Gasteiger partial charge in [0.25, 0.3) is 0 Å². The number of carbonyl (C=O) groups excluding carboxylic acids is 1. The molecule has 0 saturated heterocycles. The van der Waals surface area contributed by atoms with E-state index in [0.29, 0.717) is 6.61 Å². The van der Waals surface area contributed by atoms with Crippen LogP contribution in [0.4, 0.5) is 5.69 Å². The molecule has 0 saturated carbocycles. The Morgan fingerprint density at radius 2 is 1.84 bits per heavy atom. The van der Waals surface area contributed by atoms with Gasteiger partial charge in [0, 0.05) is 5.69 Å². The highest BCUT2D eigenvalue weighted by atomic mass is 16.5. The number of carbonyl (C=O) groups is 1. The summed E-state index contributed by atoms with van der Waals surface area (Å²) >= 11 is 0. The average Bonchev–Trinajstić information content (AvgIpc) is 2.38. The number of ether oxygens (including phenoxy) is 1. The molecule has 0 fully saturated rings. The molecule has 0 bridgehead atoms. The van der Waals surface area contributed by atoms with Crippen molar-refractivity contribution >= 4 is 11.7 Å². The summed E-state index contributed by atoms with van der Waals surface area (Å²) in [5.41, 5.74) is 3.33. The molecule has 1 aromatic rings. The first-order valence-electron chi connectivity index (χ1n) is 7.11. The van der Waals surface area contributed by atoms with Crippen molar-refractivity contribution in [3.8, 4) is 0 Å². The largest absolute Gasteiger partial charge is 0.464 e. The second kappa shape index (κ2) is 8.57. The van der Waals surface area contributed by atoms with Crippen LogP contribution in [0.2, 0.25) is 0 Å². The summed E-state index contributed by atoms with van der Waals surface area (Å²) in [6.45, 7) is 7.00. The van der Waals surface area contributed by atoms with Gasteiger partial charge in [-0.05, 0) is 31.4 Å². The zero-order valence-electron chi connectivity index (χ0n) is 12.3. The number of esters is 1. The van der Waals surface area contributed by atoms with Gasteiger partial charge >= 0.3 is 5.97 Å². The maximum Gasteiger partial charge on any atom is 0.325 e. The third-order valence-electron chi connectivity index (χ3n) is 3.15. The van der Waals surface area contributed by atoms with E-state index in [1.54, 1.807) is 0 Å². The Kier molecular flexibility index (Phi) is 7.01. The van der Waals surface area contributed by atoms with Crippen LogP contribution < -0.4 is 5.32 Å². The molecule has 19 heavy (non-hydrogen) atoms. The molecule has 0 aliphatic carbocycles. The fourth-order valence-electron chi connectivity index (χ4n) is 2.02. The van der Waals surface area contributed by atoms with Gasteiger partial charge in [-0.2, -0.15) is 0 Å². The highest BCUT2D eigenvalue weighted by Crippen LogP contribution is 2.18. The number of rotatable bonds is 8. The Bertz CT molecular complexity index is 381. The molecule has 0 aliphatic rings. The molecule has 0 spiro atoms. The Hall–Kier alpha value is -1.51. The lowest BCUT2D eigenvalue weighted by Gasteiger charge is -2.12. The first-order valence-corrected chi connectivity index (χ1v) is 7.11. The van der Waals surface area contributed by atoms with Crippen LogP contribution in [0.5, 0.6) is 0 Å². The maximum atomic E-state index is 11.6. The molecule has 1 aromatic carbocycles. The topological polar surface area (TPSA) is 38.3 Å². The minimum absolute atomic E-state index is 0.181. The van der Waals surface area contributed by atoms with E-state index >= 15 is 0 Å². The van der Waals surface area contributed by atoms with E-state index < -0.39 is 0 Å². The molecule has 0 atom stereocenters. The summed E-state index contributed by atoms with van der Waals surface area (Å²) in [6, 6.07) is 6.08. The Balaban J connectivity index is 2.26. The van der Waals surface area contributed by atoms with E-state index in [9.17, 15) is 4.79 Å². The Morgan fingerprint density at radius 3 is 2.47 bits per heavy atom. The molecule has 0 amide bonds. The van der Waals surface area contributed by atoms with E-state index in [1.807, 2.05) is 32.0 Å². The summed E-state index contributed by atoms with van der Waals surface area (Å²) in [4.78, 5) is 11.6. The fourth-order valence-corrected chi connectivity index (χ4v) is 2.02. The molecule has 0 aromatic heterocycles. The van der Waals surface area contributed by atoms with Crippen molar-refractivity contribution in [2.24, 2.45) is 0 Å². The molecule has 0 radical (unpaired) electrons. The third-order valence-corrected chi connectivity index (χ3v) is 3.15. The van der Waals surface area contributed by atoms with Crippen molar-refractivity contribution in [3.63, 3.8) is 0 Å². The van der Waals surface area contributed by atoms with Crippen LogP contribution >= 0.6 is 0 Å². The van der Waals surface area contributed by atoms with Crippen molar-refractivity contribution < 1.29 is 9.53 Å². The summed E-state index contributed by atoms with van der Waals surface area (Å²) < 4.78 is 5.19. The van der Waals surface area contributed by atoms with Gasteiger partial charge in [0.05, 0.1) is 6.61 Å². The second-order valence-corrected chi connectivity index (χ2v) is 4.90. The molecule has 0 unspecified atom stereocenters. The zero-order valence-corrected chi connectivity index (χ0v) is 12.3. The first-order chi connectivity index (χ1) is 9.15. The minimum atomic E-state index is -0.181. The first kappa shape index (κ1) is 15.5. The molecule has 0 aliphatic heterocycles. The van der Waals surface area contributed by atoms with Crippen LogP contribution in [0.3, 0.4) is 0 Å². The number of hydrogen-bond acceptors (Lipinski definition) is 3. The van der Waals surface area contributed by atoms with Crippen molar-refractivity contribution in [3.05, 3.63) is 29.3 Å². The Labute approximate surface area is 116 Å².